The Labute approximate surface area is 510 Å². The minimum atomic E-state index is -4.39. The van der Waals surface area contributed by atoms with Crippen molar-refractivity contribution in [3.63, 3.8) is 0 Å². The second-order valence-electron chi connectivity index (χ2n) is 24.8. The molecule has 0 radical (unpaired) electrons. The molecular weight excluding hydrogens is 1040 g/mol. The Kier molecular flexibility index (Phi) is 67.3. The third kappa shape index (κ3) is 67.6. The highest BCUT2D eigenvalue weighted by Crippen LogP contribution is 2.43. The number of nitrogens with two attached hydrogens (primary N) is 1. The Balaban J connectivity index is 3.79. The summed E-state index contributed by atoms with van der Waals surface area (Å²) in [5.41, 5.74) is 5.41. The minimum Gasteiger partial charge on any atom is -0.462 e. The molecule has 0 amide bonds. The van der Waals surface area contributed by atoms with Crippen molar-refractivity contribution in [3.05, 3.63) is 24.3 Å². The van der Waals surface area contributed by atoms with E-state index < -0.39 is 26.5 Å². The number of hydrogen-bond acceptors (Lipinski definition) is 8. The molecule has 0 aliphatic heterocycles. The molecule has 0 aromatic rings. The van der Waals surface area contributed by atoms with E-state index in [-0.39, 0.29) is 38.6 Å². The van der Waals surface area contributed by atoms with Crippen LogP contribution in [0.1, 0.15) is 393 Å². The molecular formula is C72H140NO8P. The van der Waals surface area contributed by atoms with E-state index in [4.69, 9.17) is 24.3 Å². The van der Waals surface area contributed by atoms with Crippen LogP contribution in [0.4, 0.5) is 0 Å². The number of phosphoric acid groups is 1. The molecule has 2 unspecified atom stereocenters. The summed E-state index contributed by atoms with van der Waals surface area (Å²) in [6, 6.07) is 0. The van der Waals surface area contributed by atoms with Crippen LogP contribution in [0, 0.1) is 0 Å². The van der Waals surface area contributed by atoms with Crippen LogP contribution in [-0.2, 0) is 32.7 Å². The molecule has 0 spiro atoms. The fourth-order valence-corrected chi connectivity index (χ4v) is 12.0. The van der Waals surface area contributed by atoms with Crippen molar-refractivity contribution in [2.24, 2.45) is 5.73 Å². The Morgan fingerprint density at radius 1 is 0.366 bits per heavy atom. The molecule has 10 heteroatoms. The van der Waals surface area contributed by atoms with E-state index in [0.29, 0.717) is 6.42 Å². The van der Waals surface area contributed by atoms with Crippen molar-refractivity contribution in [2.75, 3.05) is 26.4 Å². The van der Waals surface area contributed by atoms with E-state index in [2.05, 4.69) is 38.2 Å². The van der Waals surface area contributed by atoms with Gasteiger partial charge in [-0.25, -0.2) is 4.57 Å². The van der Waals surface area contributed by atoms with Crippen LogP contribution in [-0.4, -0.2) is 49.3 Å². The van der Waals surface area contributed by atoms with Gasteiger partial charge in [0.15, 0.2) is 6.10 Å². The molecule has 82 heavy (non-hydrogen) atoms. The Bertz CT molecular complexity index is 1390. The second kappa shape index (κ2) is 68.6. The highest BCUT2D eigenvalue weighted by Gasteiger charge is 2.26. The molecule has 0 bridgehead atoms. The summed E-state index contributed by atoms with van der Waals surface area (Å²) >= 11 is 0. The smallest absolute Gasteiger partial charge is 0.462 e. The first-order chi connectivity index (χ1) is 40.3. The normalized spacial score (nSPS) is 13.0. The molecule has 9 nitrogen and oxygen atoms in total. The molecule has 0 fully saturated rings. The molecule has 0 rings (SSSR count). The monoisotopic (exact) mass is 1180 g/mol. The van der Waals surface area contributed by atoms with E-state index in [9.17, 15) is 19.0 Å². The molecule has 0 aromatic heterocycles. The summed E-state index contributed by atoms with van der Waals surface area (Å²) < 4.78 is 33.2. The maximum atomic E-state index is 12.8. The third-order valence-corrected chi connectivity index (χ3v) is 17.6. The van der Waals surface area contributed by atoms with Gasteiger partial charge < -0.3 is 20.1 Å². The highest BCUT2D eigenvalue weighted by atomic mass is 31.2. The van der Waals surface area contributed by atoms with E-state index in [1.165, 1.54) is 321 Å². The zero-order valence-electron chi connectivity index (χ0n) is 54.8. The number of phosphoric ester groups is 1. The number of hydrogen-bond donors (Lipinski definition) is 2. The van der Waals surface area contributed by atoms with Crippen molar-refractivity contribution < 1.29 is 37.6 Å². The van der Waals surface area contributed by atoms with Crippen LogP contribution in [0.3, 0.4) is 0 Å². The fourth-order valence-electron chi connectivity index (χ4n) is 11.2. The molecule has 0 aromatic carbocycles. The zero-order chi connectivity index (χ0) is 59.4. The number of rotatable bonds is 70. The van der Waals surface area contributed by atoms with Gasteiger partial charge in [0, 0.05) is 19.4 Å². The van der Waals surface area contributed by atoms with E-state index in [1.807, 2.05) is 0 Å². The lowest BCUT2D eigenvalue weighted by Gasteiger charge is -2.19. The maximum absolute atomic E-state index is 12.8. The molecule has 0 saturated heterocycles. The number of esters is 2. The second-order valence-corrected chi connectivity index (χ2v) is 26.3. The SMILES string of the molecule is CCCCCCC/C=C\C/C=C\CCCCCCCCCCCCCCCCCCCCCCCC(=O)OC(COC(=O)CCCCCCCCCCCCCCCCCCCCCCCCCCCCCC)COP(=O)(O)OCCN. The standard InChI is InChI=1S/C72H140NO8P/c1-3-5-7-9-11-13-15-17-19-21-23-25-27-29-31-33-34-35-36-37-39-41-43-45-47-49-51-53-55-57-59-61-63-65-72(75)81-70(69-80-82(76,77)79-67-66-73)68-78-71(74)64-62-60-58-56-54-52-50-48-46-44-42-40-38-32-30-28-26-24-22-20-18-16-14-12-10-8-6-4-2/h15,17,21,23,70H,3-14,16,18-20,22,24-69,73H2,1-2H3,(H,76,77)/b17-15-,23-21-. The number of allylic oxidation sites excluding steroid dienone is 4. The number of unbranched alkanes of at least 4 members (excludes halogenated alkanes) is 53. The van der Waals surface area contributed by atoms with Crippen molar-refractivity contribution in [3.8, 4) is 0 Å². The topological polar surface area (TPSA) is 134 Å². The molecule has 0 aliphatic rings. The number of carbonyl (C=O) groups excluding carboxylic acids is 2. The van der Waals surface area contributed by atoms with Crippen LogP contribution >= 0.6 is 7.82 Å². The zero-order valence-corrected chi connectivity index (χ0v) is 55.7. The average Bonchev–Trinajstić information content (AvgIpc) is 3.47. The predicted octanol–water partition coefficient (Wildman–Crippen LogP) is 23.7. The number of ether oxygens (including phenoxy) is 2. The van der Waals surface area contributed by atoms with Crippen molar-refractivity contribution in [1.82, 2.24) is 0 Å². The quantitative estimate of drug-likeness (QED) is 0.0264. The van der Waals surface area contributed by atoms with Gasteiger partial charge in [0.05, 0.1) is 13.2 Å². The van der Waals surface area contributed by atoms with Gasteiger partial charge in [0.25, 0.3) is 0 Å². The Hall–Kier alpha value is -1.51. The van der Waals surface area contributed by atoms with Gasteiger partial charge in [-0.1, -0.05) is 359 Å². The first-order valence-corrected chi connectivity index (χ1v) is 37.8. The van der Waals surface area contributed by atoms with E-state index in [0.717, 1.165) is 38.5 Å². The van der Waals surface area contributed by atoms with Crippen molar-refractivity contribution in [1.29, 1.82) is 0 Å². The summed E-state index contributed by atoms with van der Waals surface area (Å²) in [5, 5.41) is 0. The average molecular weight is 1180 g/mol. The lowest BCUT2D eigenvalue weighted by Crippen LogP contribution is -2.29. The van der Waals surface area contributed by atoms with Gasteiger partial charge in [0.2, 0.25) is 0 Å². The lowest BCUT2D eigenvalue weighted by molar-refractivity contribution is -0.161. The van der Waals surface area contributed by atoms with Gasteiger partial charge >= 0.3 is 19.8 Å². The Morgan fingerprint density at radius 3 is 0.927 bits per heavy atom. The van der Waals surface area contributed by atoms with Crippen LogP contribution in [0.2, 0.25) is 0 Å². The van der Waals surface area contributed by atoms with Crippen molar-refractivity contribution in [2.45, 2.75) is 399 Å². The third-order valence-electron chi connectivity index (χ3n) is 16.6. The van der Waals surface area contributed by atoms with E-state index in [1.54, 1.807) is 0 Å². The maximum Gasteiger partial charge on any atom is 0.472 e. The summed E-state index contributed by atoms with van der Waals surface area (Å²) in [7, 11) is -4.39. The van der Waals surface area contributed by atoms with Crippen LogP contribution in [0.25, 0.3) is 0 Å². The molecule has 0 heterocycles. The summed E-state index contributed by atoms with van der Waals surface area (Å²) in [6.45, 7) is 3.82. The fraction of sp³-hybridized carbons (Fsp3) is 0.917. The van der Waals surface area contributed by atoms with E-state index >= 15 is 0 Å². The molecule has 0 aliphatic carbocycles. The van der Waals surface area contributed by atoms with Gasteiger partial charge in [-0.15, -0.1) is 0 Å². The number of carbonyl (C=O) groups is 2. The first kappa shape index (κ1) is 80.5. The molecule has 486 valence electrons. The van der Waals surface area contributed by atoms with Gasteiger partial charge in [0.1, 0.15) is 6.61 Å². The van der Waals surface area contributed by atoms with Gasteiger partial charge in [-0.2, -0.15) is 0 Å². The first-order valence-electron chi connectivity index (χ1n) is 36.3. The van der Waals surface area contributed by atoms with Crippen LogP contribution in [0.15, 0.2) is 24.3 Å². The predicted molar refractivity (Wildman–Crippen MR) is 354 cm³/mol. The van der Waals surface area contributed by atoms with Crippen LogP contribution < -0.4 is 5.73 Å². The highest BCUT2D eigenvalue weighted by molar-refractivity contribution is 7.47. The largest absolute Gasteiger partial charge is 0.472 e. The van der Waals surface area contributed by atoms with Crippen molar-refractivity contribution >= 4 is 19.8 Å². The minimum absolute atomic E-state index is 0.0572. The summed E-state index contributed by atoms with van der Waals surface area (Å²) in [4.78, 5) is 35.4. The van der Waals surface area contributed by atoms with Gasteiger partial charge in [-0.05, 0) is 44.9 Å². The summed E-state index contributed by atoms with van der Waals surface area (Å²) in [5.74, 6) is -0.800. The van der Waals surface area contributed by atoms with Gasteiger partial charge in [-0.3, -0.25) is 18.6 Å². The Morgan fingerprint density at radius 2 is 0.634 bits per heavy atom. The lowest BCUT2D eigenvalue weighted by atomic mass is 10.0. The molecule has 2 atom stereocenters. The molecule has 3 N–H and O–H groups in total. The van der Waals surface area contributed by atoms with Crippen LogP contribution in [0.5, 0.6) is 0 Å². The molecule has 0 saturated carbocycles. The summed E-state index contributed by atoms with van der Waals surface area (Å²) in [6.07, 6.45) is 84.3.